The molecule has 86 valence electrons. The number of Topliss-reactive ketones (excluding diaryl/α,β-unsaturated/α-hetero) is 1. The van der Waals surface area contributed by atoms with Gasteiger partial charge in [-0.3, -0.25) is 4.79 Å². The lowest BCUT2D eigenvalue weighted by Crippen LogP contribution is -1.98. The van der Waals surface area contributed by atoms with Crippen LogP contribution in [0.25, 0.3) is 0 Å². The Hall–Kier alpha value is -1.37. The average Bonchev–Trinajstić information content (AvgIpc) is 2.28. The number of rotatable bonds is 7. The molecule has 1 aromatic rings. The molecule has 0 bridgehead atoms. The predicted molar refractivity (Wildman–Crippen MR) is 68.4 cm³/mol. The third-order valence-electron chi connectivity index (χ3n) is 2.58. The van der Waals surface area contributed by atoms with Crippen LogP contribution in [0.5, 0.6) is 0 Å². The van der Waals surface area contributed by atoms with Gasteiger partial charge in [-0.15, -0.1) is 0 Å². The molecule has 1 nitrogen and oxygen atoms in total. The molecule has 0 aliphatic heterocycles. The van der Waals surface area contributed by atoms with E-state index in [9.17, 15) is 4.79 Å². The van der Waals surface area contributed by atoms with Crippen LogP contribution in [0.1, 0.15) is 38.2 Å². The highest BCUT2D eigenvalue weighted by Crippen LogP contribution is 2.12. The molecule has 0 amide bonds. The molecule has 1 aromatic carbocycles. The van der Waals surface area contributed by atoms with Crippen molar-refractivity contribution in [2.24, 2.45) is 0 Å². The molecule has 0 saturated carbocycles. The van der Waals surface area contributed by atoms with Crippen molar-refractivity contribution < 1.29 is 4.79 Å². The summed E-state index contributed by atoms with van der Waals surface area (Å²) in [6.45, 7) is 6.07. The van der Waals surface area contributed by atoms with Crippen molar-refractivity contribution in [3.05, 3.63) is 48.0 Å². The highest BCUT2D eigenvalue weighted by atomic mass is 16.1. The van der Waals surface area contributed by atoms with E-state index in [0.29, 0.717) is 18.6 Å². The van der Waals surface area contributed by atoms with E-state index in [-0.39, 0.29) is 0 Å². The Morgan fingerprint density at radius 1 is 1.12 bits per heavy atom. The van der Waals surface area contributed by atoms with Crippen LogP contribution in [0.2, 0.25) is 0 Å². The van der Waals surface area contributed by atoms with Crippen molar-refractivity contribution in [3.8, 4) is 0 Å². The van der Waals surface area contributed by atoms with Gasteiger partial charge < -0.3 is 0 Å². The first-order valence-electron chi connectivity index (χ1n) is 5.94. The number of allylic oxidation sites excluding steroid dienone is 1. The van der Waals surface area contributed by atoms with Crippen LogP contribution >= 0.6 is 0 Å². The molecule has 0 heterocycles. The number of hydrogen-bond donors (Lipinski definition) is 0. The molecule has 0 radical (unpaired) electrons. The molecule has 0 fully saturated rings. The Bertz CT molecular complexity index is 338. The fourth-order valence-corrected chi connectivity index (χ4v) is 1.69. The number of hydrogen-bond acceptors (Lipinski definition) is 1. The third-order valence-corrected chi connectivity index (χ3v) is 2.58. The summed E-state index contributed by atoms with van der Waals surface area (Å²) in [5.41, 5.74) is 2.42. The van der Waals surface area contributed by atoms with Crippen molar-refractivity contribution in [1.29, 1.82) is 0 Å². The normalized spacial score (nSPS) is 10.1. The largest absolute Gasteiger partial charge is 0.300 e. The number of carbonyl (C=O) groups is 1. The van der Waals surface area contributed by atoms with Crippen LogP contribution in [-0.4, -0.2) is 5.78 Å². The maximum Gasteiger partial charge on any atom is 0.133 e. The number of benzene rings is 1. The fourth-order valence-electron chi connectivity index (χ4n) is 1.69. The molecule has 0 aromatic heterocycles. The SMILES string of the molecule is C=C(CCC(=O)CCC)Cc1ccccc1. The van der Waals surface area contributed by atoms with Crippen molar-refractivity contribution in [2.45, 2.75) is 39.0 Å². The fraction of sp³-hybridized carbons (Fsp3) is 0.400. The lowest BCUT2D eigenvalue weighted by molar-refractivity contribution is -0.119. The predicted octanol–water partition coefficient (Wildman–Crippen LogP) is 3.93. The second kappa shape index (κ2) is 7.00. The van der Waals surface area contributed by atoms with E-state index >= 15 is 0 Å². The minimum absolute atomic E-state index is 0.358. The molecular weight excluding hydrogens is 196 g/mol. The van der Waals surface area contributed by atoms with Gasteiger partial charge in [-0.2, -0.15) is 0 Å². The lowest BCUT2D eigenvalue weighted by atomic mass is 10.0. The molecule has 0 aliphatic carbocycles. The maximum atomic E-state index is 11.4. The van der Waals surface area contributed by atoms with Gasteiger partial charge in [0, 0.05) is 12.8 Å². The Kier molecular flexibility index (Phi) is 5.55. The monoisotopic (exact) mass is 216 g/mol. The van der Waals surface area contributed by atoms with Gasteiger partial charge in [-0.25, -0.2) is 0 Å². The molecule has 1 rings (SSSR count). The van der Waals surface area contributed by atoms with Crippen LogP contribution in [0, 0.1) is 0 Å². The zero-order chi connectivity index (χ0) is 11.8. The summed E-state index contributed by atoms with van der Waals surface area (Å²) in [6.07, 6.45) is 4.02. The quantitative estimate of drug-likeness (QED) is 0.631. The molecule has 1 heteroatoms. The van der Waals surface area contributed by atoms with Gasteiger partial charge in [-0.1, -0.05) is 49.4 Å². The number of carbonyl (C=O) groups excluding carboxylic acids is 1. The average molecular weight is 216 g/mol. The summed E-state index contributed by atoms with van der Waals surface area (Å²) in [7, 11) is 0. The smallest absolute Gasteiger partial charge is 0.133 e. The topological polar surface area (TPSA) is 17.1 Å². The molecule has 16 heavy (non-hydrogen) atoms. The molecule has 0 N–H and O–H groups in total. The minimum atomic E-state index is 0.358. The van der Waals surface area contributed by atoms with Gasteiger partial charge in [-0.05, 0) is 24.8 Å². The van der Waals surface area contributed by atoms with Gasteiger partial charge in [0.1, 0.15) is 5.78 Å². The molecule has 0 spiro atoms. The number of ketones is 1. The first-order valence-corrected chi connectivity index (χ1v) is 5.94. The van der Waals surface area contributed by atoms with Crippen LogP contribution in [0.4, 0.5) is 0 Å². The minimum Gasteiger partial charge on any atom is -0.300 e. The van der Waals surface area contributed by atoms with E-state index < -0.39 is 0 Å². The maximum absolute atomic E-state index is 11.4. The van der Waals surface area contributed by atoms with Crippen molar-refractivity contribution in [2.75, 3.05) is 0 Å². The Morgan fingerprint density at radius 2 is 1.81 bits per heavy atom. The van der Waals surface area contributed by atoms with Gasteiger partial charge in [0.15, 0.2) is 0 Å². The first-order chi connectivity index (χ1) is 7.72. The van der Waals surface area contributed by atoms with Crippen LogP contribution in [0.3, 0.4) is 0 Å². The Labute approximate surface area is 98.2 Å². The highest BCUT2D eigenvalue weighted by molar-refractivity contribution is 5.78. The summed E-state index contributed by atoms with van der Waals surface area (Å²) in [6, 6.07) is 10.3. The van der Waals surface area contributed by atoms with Crippen LogP contribution in [0.15, 0.2) is 42.5 Å². The van der Waals surface area contributed by atoms with E-state index in [4.69, 9.17) is 0 Å². The van der Waals surface area contributed by atoms with Gasteiger partial charge in [0.05, 0.1) is 0 Å². The second-order valence-electron chi connectivity index (χ2n) is 4.20. The molecule has 0 saturated heterocycles. The summed E-state index contributed by atoms with van der Waals surface area (Å²) in [5.74, 6) is 0.358. The molecular formula is C15H20O. The van der Waals surface area contributed by atoms with Gasteiger partial charge in [0.2, 0.25) is 0 Å². The Balaban J connectivity index is 2.29. The molecule has 0 atom stereocenters. The first kappa shape index (κ1) is 12.7. The zero-order valence-electron chi connectivity index (χ0n) is 10.0. The third kappa shape index (κ3) is 4.92. The molecule has 0 unspecified atom stereocenters. The Morgan fingerprint density at radius 3 is 2.44 bits per heavy atom. The zero-order valence-corrected chi connectivity index (χ0v) is 10.0. The lowest BCUT2D eigenvalue weighted by Gasteiger charge is -2.05. The van der Waals surface area contributed by atoms with Crippen LogP contribution in [-0.2, 0) is 11.2 Å². The summed E-state index contributed by atoms with van der Waals surface area (Å²) >= 11 is 0. The summed E-state index contributed by atoms with van der Waals surface area (Å²) in [5, 5.41) is 0. The van der Waals surface area contributed by atoms with E-state index in [0.717, 1.165) is 24.8 Å². The van der Waals surface area contributed by atoms with Gasteiger partial charge >= 0.3 is 0 Å². The van der Waals surface area contributed by atoms with E-state index in [1.54, 1.807) is 0 Å². The van der Waals surface area contributed by atoms with E-state index in [1.807, 2.05) is 25.1 Å². The van der Waals surface area contributed by atoms with Gasteiger partial charge in [0.25, 0.3) is 0 Å². The van der Waals surface area contributed by atoms with E-state index in [2.05, 4.69) is 18.7 Å². The highest BCUT2D eigenvalue weighted by Gasteiger charge is 2.02. The van der Waals surface area contributed by atoms with Crippen molar-refractivity contribution in [1.82, 2.24) is 0 Å². The van der Waals surface area contributed by atoms with E-state index in [1.165, 1.54) is 5.56 Å². The van der Waals surface area contributed by atoms with Crippen molar-refractivity contribution in [3.63, 3.8) is 0 Å². The standard InChI is InChI=1S/C15H20O/c1-3-7-15(16)11-10-13(2)12-14-8-5-4-6-9-14/h4-6,8-9H,2-3,7,10-12H2,1H3. The molecule has 0 aliphatic rings. The van der Waals surface area contributed by atoms with Crippen LogP contribution < -0.4 is 0 Å². The summed E-state index contributed by atoms with van der Waals surface area (Å²) in [4.78, 5) is 11.4. The second-order valence-corrected chi connectivity index (χ2v) is 4.20. The van der Waals surface area contributed by atoms with Crippen molar-refractivity contribution >= 4 is 5.78 Å². The summed E-state index contributed by atoms with van der Waals surface area (Å²) < 4.78 is 0.